The van der Waals surface area contributed by atoms with Gasteiger partial charge in [-0.2, -0.15) is 5.10 Å². The first-order valence-electron chi connectivity index (χ1n) is 9.88. The van der Waals surface area contributed by atoms with Crippen LogP contribution < -0.4 is 5.32 Å². The Kier molecular flexibility index (Phi) is 7.01. The van der Waals surface area contributed by atoms with E-state index < -0.39 is 6.10 Å². The summed E-state index contributed by atoms with van der Waals surface area (Å²) in [5, 5.41) is 7.49. The van der Waals surface area contributed by atoms with Gasteiger partial charge in [-0.05, 0) is 32.3 Å². The average Bonchev–Trinajstić information content (AvgIpc) is 3.18. The number of hydrogen-bond acceptors (Lipinski definition) is 4. The molecule has 1 saturated heterocycles. The molecule has 1 aliphatic rings. The van der Waals surface area contributed by atoms with E-state index in [9.17, 15) is 4.79 Å². The second-order valence-electron chi connectivity index (χ2n) is 7.32. The van der Waals surface area contributed by atoms with Gasteiger partial charge < -0.3 is 10.1 Å². The number of amides is 1. The number of nitrogens with one attached hydrogen (secondary N) is 1. The topological polar surface area (TPSA) is 59.4 Å². The highest BCUT2D eigenvalue weighted by atomic mass is 16.5. The number of ether oxygens (including phenoxy) is 1. The van der Waals surface area contributed by atoms with Crippen LogP contribution in [0.3, 0.4) is 0 Å². The number of aromatic nitrogens is 2. The van der Waals surface area contributed by atoms with Crippen molar-refractivity contribution in [3.63, 3.8) is 0 Å². The Morgan fingerprint density at radius 3 is 2.64 bits per heavy atom. The number of likely N-dealkylation sites (tertiary alicyclic amines) is 1. The third-order valence-electron chi connectivity index (χ3n) is 5.37. The van der Waals surface area contributed by atoms with Gasteiger partial charge in [-0.15, -0.1) is 0 Å². The molecule has 1 amide bonds. The van der Waals surface area contributed by atoms with E-state index in [1.54, 1.807) is 13.3 Å². The molecule has 0 spiro atoms. The monoisotopic (exact) mass is 382 g/mol. The highest BCUT2D eigenvalue weighted by Gasteiger charge is 2.25. The first kappa shape index (κ1) is 20.3. The van der Waals surface area contributed by atoms with Crippen LogP contribution >= 0.6 is 0 Å². The third-order valence-corrected chi connectivity index (χ3v) is 5.37. The predicted octanol–water partition coefficient (Wildman–Crippen LogP) is 3.81. The first-order valence-corrected chi connectivity index (χ1v) is 9.88. The fourth-order valence-electron chi connectivity index (χ4n) is 3.68. The summed E-state index contributed by atoms with van der Waals surface area (Å²) in [6, 6.07) is 11.7. The third kappa shape index (κ3) is 4.88. The van der Waals surface area contributed by atoms with E-state index in [2.05, 4.69) is 35.2 Å². The van der Waals surface area contributed by atoms with Gasteiger partial charge in [0.15, 0.2) is 6.10 Å². The number of anilines is 1. The molecule has 28 heavy (non-hydrogen) atoms. The fraction of sp³-hybridized carbons (Fsp3) is 0.455. The maximum atomic E-state index is 12.8. The number of allylic oxidation sites excluding steroid dienone is 1. The predicted molar refractivity (Wildman–Crippen MR) is 111 cm³/mol. The lowest BCUT2D eigenvalue weighted by Crippen LogP contribution is -2.36. The Morgan fingerprint density at radius 1 is 1.29 bits per heavy atom. The van der Waals surface area contributed by atoms with Crippen LogP contribution in [-0.2, 0) is 9.53 Å². The van der Waals surface area contributed by atoms with Gasteiger partial charge in [0.2, 0.25) is 0 Å². The quantitative estimate of drug-likeness (QED) is 0.740. The zero-order valence-electron chi connectivity index (χ0n) is 17.0. The van der Waals surface area contributed by atoms with Crippen LogP contribution in [0.4, 0.5) is 5.82 Å². The van der Waals surface area contributed by atoms with Crippen molar-refractivity contribution in [2.24, 2.45) is 0 Å². The van der Waals surface area contributed by atoms with Gasteiger partial charge in [-0.1, -0.05) is 42.0 Å². The van der Waals surface area contributed by atoms with Gasteiger partial charge >= 0.3 is 0 Å². The number of benzene rings is 1. The number of carbonyl (C=O) groups is 1. The Morgan fingerprint density at radius 2 is 2.00 bits per heavy atom. The molecular formula is C22H30N4O2. The molecule has 3 rings (SSSR count). The molecule has 0 saturated carbocycles. The van der Waals surface area contributed by atoms with Crippen molar-refractivity contribution in [2.75, 3.05) is 32.1 Å². The summed E-state index contributed by atoms with van der Waals surface area (Å²) in [6.45, 7) is 7.36. The molecule has 1 atom stereocenters. The summed E-state index contributed by atoms with van der Waals surface area (Å²) in [4.78, 5) is 15.3. The molecule has 0 aliphatic carbocycles. The number of rotatable bonds is 7. The van der Waals surface area contributed by atoms with Crippen LogP contribution in [0.2, 0.25) is 0 Å². The molecule has 6 nitrogen and oxygen atoms in total. The lowest BCUT2D eigenvalue weighted by atomic mass is 10.0. The highest BCUT2D eigenvalue weighted by Crippen LogP contribution is 2.27. The maximum Gasteiger partial charge on any atom is 0.259 e. The van der Waals surface area contributed by atoms with E-state index in [4.69, 9.17) is 4.74 Å². The van der Waals surface area contributed by atoms with Gasteiger partial charge in [0.1, 0.15) is 5.82 Å². The van der Waals surface area contributed by atoms with Crippen molar-refractivity contribution < 1.29 is 9.53 Å². The van der Waals surface area contributed by atoms with Gasteiger partial charge in [-0.3, -0.25) is 9.69 Å². The summed E-state index contributed by atoms with van der Waals surface area (Å²) in [5.74, 6) is 0.544. The van der Waals surface area contributed by atoms with Crippen molar-refractivity contribution in [3.8, 4) is 0 Å². The normalized spacial score (nSPS) is 17.5. The van der Waals surface area contributed by atoms with Crippen LogP contribution in [0.15, 0.2) is 54.2 Å². The van der Waals surface area contributed by atoms with Crippen LogP contribution in [0.25, 0.3) is 0 Å². The number of piperidine rings is 1. The average molecular weight is 383 g/mol. The highest BCUT2D eigenvalue weighted by molar-refractivity contribution is 5.94. The molecule has 2 heterocycles. The Balaban J connectivity index is 1.63. The van der Waals surface area contributed by atoms with E-state index in [0.29, 0.717) is 6.04 Å². The molecule has 1 aromatic carbocycles. The zero-order chi connectivity index (χ0) is 19.9. The Hall–Kier alpha value is -2.44. The van der Waals surface area contributed by atoms with Crippen molar-refractivity contribution >= 4 is 11.7 Å². The fourth-order valence-corrected chi connectivity index (χ4v) is 3.68. The van der Waals surface area contributed by atoms with Crippen LogP contribution in [0.1, 0.15) is 44.4 Å². The molecule has 1 aliphatic heterocycles. The molecule has 2 aromatic rings. The smallest absolute Gasteiger partial charge is 0.259 e. The number of carbonyl (C=O) groups excluding carboxylic acids is 1. The molecule has 1 fully saturated rings. The minimum absolute atomic E-state index is 0.184. The lowest BCUT2D eigenvalue weighted by Gasteiger charge is -2.33. The van der Waals surface area contributed by atoms with Crippen LogP contribution in [-0.4, -0.2) is 47.3 Å². The van der Waals surface area contributed by atoms with Gasteiger partial charge in [0.25, 0.3) is 5.91 Å². The minimum Gasteiger partial charge on any atom is -0.367 e. The molecule has 1 aromatic heterocycles. The van der Waals surface area contributed by atoms with Gasteiger partial charge in [-0.25, -0.2) is 4.68 Å². The van der Waals surface area contributed by atoms with Gasteiger partial charge in [0.05, 0.1) is 12.2 Å². The summed E-state index contributed by atoms with van der Waals surface area (Å²) >= 11 is 0. The largest absolute Gasteiger partial charge is 0.367 e. The van der Waals surface area contributed by atoms with E-state index >= 15 is 0 Å². The maximum absolute atomic E-state index is 12.8. The first-order chi connectivity index (χ1) is 13.6. The van der Waals surface area contributed by atoms with Crippen molar-refractivity contribution in [2.45, 2.75) is 38.8 Å². The minimum atomic E-state index is -0.643. The molecule has 0 radical (unpaired) electrons. The molecule has 0 unspecified atom stereocenters. The van der Waals surface area contributed by atoms with Crippen molar-refractivity contribution in [1.82, 2.24) is 14.7 Å². The van der Waals surface area contributed by atoms with Crippen molar-refractivity contribution in [1.29, 1.82) is 0 Å². The van der Waals surface area contributed by atoms with E-state index in [-0.39, 0.29) is 5.91 Å². The summed E-state index contributed by atoms with van der Waals surface area (Å²) in [7, 11) is 1.55. The molecule has 0 bridgehead atoms. The molecule has 1 N–H and O–H groups in total. The lowest BCUT2D eigenvalue weighted by molar-refractivity contribution is -0.126. The van der Waals surface area contributed by atoms with Gasteiger partial charge in [0, 0.05) is 32.8 Å². The standard InChI is InChI=1S/C22H30N4O2/c1-4-17(2)16-25-14-11-19(12-15-25)26-20(10-13-23-26)24-22(27)21(28-3)18-8-6-5-7-9-18/h4-10,13,19,21H,11-12,14-16H2,1-3H3,(H,24,27)/b17-4+/t21-/m0/s1. The number of nitrogens with zero attached hydrogens (tertiary/aromatic N) is 3. The second kappa shape index (κ2) is 9.66. The number of methoxy groups -OCH3 is 1. The van der Waals surface area contributed by atoms with Crippen LogP contribution in [0, 0.1) is 0 Å². The summed E-state index contributed by atoms with van der Waals surface area (Å²) in [5.41, 5.74) is 2.23. The SMILES string of the molecule is C/C=C(\C)CN1CCC(n2nccc2NC(=O)[C@@H](OC)c2ccccc2)CC1. The molecular weight excluding hydrogens is 352 g/mol. The van der Waals surface area contributed by atoms with E-state index in [0.717, 1.165) is 43.9 Å². The van der Waals surface area contributed by atoms with Crippen molar-refractivity contribution in [3.05, 3.63) is 59.8 Å². The number of hydrogen-bond donors (Lipinski definition) is 1. The van der Waals surface area contributed by atoms with E-state index in [1.165, 1.54) is 5.57 Å². The summed E-state index contributed by atoms with van der Waals surface area (Å²) < 4.78 is 7.39. The Bertz CT molecular complexity index is 792. The second-order valence-corrected chi connectivity index (χ2v) is 7.32. The summed E-state index contributed by atoms with van der Waals surface area (Å²) in [6.07, 6.45) is 5.32. The molecule has 150 valence electrons. The molecule has 6 heteroatoms. The van der Waals surface area contributed by atoms with E-state index in [1.807, 2.05) is 41.1 Å². The van der Waals surface area contributed by atoms with Crippen LogP contribution in [0.5, 0.6) is 0 Å². The zero-order valence-corrected chi connectivity index (χ0v) is 17.0. The Labute approximate surface area is 167 Å².